The Kier molecular flexibility index (Phi) is 3.72. The smallest absolute Gasteiger partial charge is 0.190 e. The second-order valence-corrected chi connectivity index (χ2v) is 6.04. The lowest BCUT2D eigenvalue weighted by Gasteiger charge is -2.08. The molecule has 20 heavy (non-hydrogen) atoms. The van der Waals surface area contributed by atoms with E-state index in [2.05, 4.69) is 9.97 Å². The lowest BCUT2D eigenvalue weighted by Crippen LogP contribution is -1.97. The molecule has 0 fully saturated rings. The van der Waals surface area contributed by atoms with Crippen LogP contribution in [0.1, 0.15) is 16.8 Å². The van der Waals surface area contributed by atoms with E-state index in [0.29, 0.717) is 16.7 Å². The fourth-order valence-corrected chi connectivity index (χ4v) is 3.37. The summed E-state index contributed by atoms with van der Waals surface area (Å²) in [6, 6.07) is 5.67. The molecule has 4 nitrogen and oxygen atoms in total. The van der Waals surface area contributed by atoms with Gasteiger partial charge in [-0.25, -0.2) is 9.97 Å². The highest BCUT2D eigenvalue weighted by atomic mass is 35.5. The first-order valence-corrected chi connectivity index (χ1v) is 7.66. The van der Waals surface area contributed by atoms with Crippen molar-refractivity contribution in [3.05, 3.63) is 40.0 Å². The van der Waals surface area contributed by atoms with Crippen LogP contribution in [-0.4, -0.2) is 16.6 Å². The molecule has 2 heterocycles. The second kappa shape index (κ2) is 5.50. The van der Waals surface area contributed by atoms with Crippen molar-refractivity contribution in [1.29, 1.82) is 0 Å². The molecule has 1 aliphatic rings. The van der Waals surface area contributed by atoms with Gasteiger partial charge in [0.05, 0.1) is 6.61 Å². The summed E-state index contributed by atoms with van der Waals surface area (Å²) in [5.74, 6) is 2.17. The first-order valence-electron chi connectivity index (χ1n) is 6.30. The highest BCUT2D eigenvalue weighted by Crippen LogP contribution is 2.35. The number of thioether (sulfide) groups is 1. The van der Waals surface area contributed by atoms with E-state index < -0.39 is 0 Å². The number of aryl methyl sites for hydroxylation is 1. The maximum Gasteiger partial charge on any atom is 0.190 e. The van der Waals surface area contributed by atoms with Gasteiger partial charge in [-0.05, 0) is 24.6 Å². The van der Waals surface area contributed by atoms with Gasteiger partial charge in [0.25, 0.3) is 0 Å². The van der Waals surface area contributed by atoms with Crippen molar-refractivity contribution >= 4 is 29.2 Å². The Bertz CT molecular complexity index is 643. The molecule has 104 valence electrons. The molecule has 6 heteroatoms. The summed E-state index contributed by atoms with van der Waals surface area (Å²) >= 11 is 7.68. The first kappa shape index (κ1) is 13.5. The van der Waals surface area contributed by atoms with Crippen LogP contribution in [0.5, 0.6) is 5.75 Å². The minimum atomic E-state index is 0.493. The number of ether oxygens (including phenoxy) is 1. The number of halogens is 1. The first-order chi connectivity index (χ1) is 9.61. The van der Waals surface area contributed by atoms with Crippen LogP contribution in [0, 0.1) is 6.92 Å². The van der Waals surface area contributed by atoms with Gasteiger partial charge >= 0.3 is 0 Å². The highest BCUT2D eigenvalue weighted by molar-refractivity contribution is 7.98. The number of hydrogen-bond acceptors (Lipinski definition) is 5. The second-order valence-electron chi connectivity index (χ2n) is 4.66. The summed E-state index contributed by atoms with van der Waals surface area (Å²) in [4.78, 5) is 8.58. The molecule has 3 rings (SSSR count). The van der Waals surface area contributed by atoms with E-state index in [0.717, 1.165) is 35.1 Å². The number of aromatic nitrogens is 2. The summed E-state index contributed by atoms with van der Waals surface area (Å²) in [6.07, 6.45) is 0.918. The number of hydrogen-bond donors (Lipinski definition) is 1. The van der Waals surface area contributed by atoms with Gasteiger partial charge in [0.15, 0.2) is 5.16 Å². The van der Waals surface area contributed by atoms with Crippen molar-refractivity contribution in [3.8, 4) is 5.75 Å². The molecule has 0 radical (unpaired) electrons. The largest absolute Gasteiger partial charge is 0.493 e. The zero-order valence-corrected chi connectivity index (χ0v) is 12.6. The van der Waals surface area contributed by atoms with Crippen LogP contribution >= 0.6 is 23.4 Å². The van der Waals surface area contributed by atoms with Gasteiger partial charge in [0, 0.05) is 34.5 Å². The van der Waals surface area contributed by atoms with E-state index in [1.54, 1.807) is 6.07 Å². The summed E-state index contributed by atoms with van der Waals surface area (Å²) in [5, 5.41) is 1.42. The van der Waals surface area contributed by atoms with Crippen molar-refractivity contribution < 1.29 is 4.74 Å². The van der Waals surface area contributed by atoms with Crippen LogP contribution in [0.2, 0.25) is 5.02 Å². The molecule has 2 aromatic rings. The molecule has 0 bridgehead atoms. The lowest BCUT2D eigenvalue weighted by molar-refractivity contribution is 0.354. The average Bonchev–Trinajstić information content (AvgIpc) is 2.82. The Labute approximate surface area is 126 Å². The topological polar surface area (TPSA) is 61.0 Å². The predicted octanol–water partition coefficient (Wildman–Crippen LogP) is 3.25. The van der Waals surface area contributed by atoms with Crippen LogP contribution in [0.4, 0.5) is 5.82 Å². The summed E-state index contributed by atoms with van der Waals surface area (Å²) < 4.78 is 5.68. The van der Waals surface area contributed by atoms with Crippen LogP contribution in [-0.2, 0) is 12.2 Å². The molecule has 2 N–H and O–H groups in total. The van der Waals surface area contributed by atoms with Gasteiger partial charge in [-0.15, -0.1) is 0 Å². The highest BCUT2D eigenvalue weighted by Gasteiger charge is 2.18. The quantitative estimate of drug-likeness (QED) is 0.696. The van der Waals surface area contributed by atoms with E-state index in [1.165, 1.54) is 17.3 Å². The van der Waals surface area contributed by atoms with Crippen molar-refractivity contribution in [2.75, 3.05) is 12.3 Å². The van der Waals surface area contributed by atoms with E-state index >= 15 is 0 Å². The molecule has 0 saturated carbocycles. The number of fused-ring (bicyclic) bond motifs is 1. The fraction of sp³-hybridized carbons (Fsp3) is 0.286. The minimum Gasteiger partial charge on any atom is -0.493 e. The Balaban J connectivity index is 1.82. The Morgan fingerprint density at radius 1 is 1.35 bits per heavy atom. The number of nitrogen functional groups attached to an aromatic ring is 1. The van der Waals surface area contributed by atoms with Gasteiger partial charge in [-0.2, -0.15) is 0 Å². The van der Waals surface area contributed by atoms with E-state index in [4.69, 9.17) is 22.1 Å². The number of nitrogens with two attached hydrogens (primary N) is 1. The monoisotopic (exact) mass is 307 g/mol. The fourth-order valence-electron chi connectivity index (χ4n) is 2.22. The number of anilines is 1. The van der Waals surface area contributed by atoms with Gasteiger partial charge < -0.3 is 10.5 Å². The van der Waals surface area contributed by atoms with Crippen molar-refractivity contribution in [1.82, 2.24) is 9.97 Å². The SMILES string of the molecule is Cc1cc(N)nc(SCc2cc(Cl)cc3c2OCC3)n1. The third-order valence-electron chi connectivity index (χ3n) is 3.04. The zero-order chi connectivity index (χ0) is 14.1. The Morgan fingerprint density at radius 2 is 2.20 bits per heavy atom. The molecular weight excluding hydrogens is 294 g/mol. The minimum absolute atomic E-state index is 0.493. The maximum atomic E-state index is 6.14. The van der Waals surface area contributed by atoms with Gasteiger partial charge in [-0.1, -0.05) is 23.4 Å². The summed E-state index contributed by atoms with van der Waals surface area (Å²) in [6.45, 7) is 2.63. The maximum absolute atomic E-state index is 6.14. The van der Waals surface area contributed by atoms with E-state index in [9.17, 15) is 0 Å². The standard InChI is InChI=1S/C14H14ClN3OS/c1-8-4-12(16)18-14(17-8)20-7-10-6-11(15)5-9-2-3-19-13(9)10/h4-6H,2-3,7H2,1H3,(H2,16,17,18). The van der Waals surface area contributed by atoms with Crippen molar-refractivity contribution in [3.63, 3.8) is 0 Å². The van der Waals surface area contributed by atoms with Crippen LogP contribution in [0.3, 0.4) is 0 Å². The Hall–Kier alpha value is -1.46. The van der Waals surface area contributed by atoms with Crippen LogP contribution in [0.25, 0.3) is 0 Å². The van der Waals surface area contributed by atoms with E-state index in [1.807, 2.05) is 19.1 Å². The molecule has 0 amide bonds. The van der Waals surface area contributed by atoms with Crippen LogP contribution in [0.15, 0.2) is 23.4 Å². The van der Waals surface area contributed by atoms with Gasteiger partial charge in [-0.3, -0.25) is 0 Å². The molecule has 0 saturated heterocycles. The van der Waals surface area contributed by atoms with Gasteiger partial charge in [0.1, 0.15) is 11.6 Å². The van der Waals surface area contributed by atoms with Crippen LogP contribution < -0.4 is 10.5 Å². The number of benzene rings is 1. The van der Waals surface area contributed by atoms with Crippen molar-refractivity contribution in [2.45, 2.75) is 24.3 Å². The molecular formula is C14H14ClN3OS. The Morgan fingerprint density at radius 3 is 3.00 bits per heavy atom. The molecule has 0 atom stereocenters. The van der Waals surface area contributed by atoms with Crippen molar-refractivity contribution in [2.24, 2.45) is 0 Å². The van der Waals surface area contributed by atoms with E-state index in [-0.39, 0.29) is 0 Å². The third kappa shape index (κ3) is 2.83. The normalized spacial score (nSPS) is 13.1. The molecule has 0 spiro atoms. The molecule has 0 unspecified atom stereocenters. The predicted molar refractivity (Wildman–Crippen MR) is 81.4 cm³/mol. The number of nitrogens with zero attached hydrogens (tertiary/aromatic N) is 2. The molecule has 1 aromatic carbocycles. The molecule has 0 aliphatic carbocycles. The summed E-state index contributed by atoms with van der Waals surface area (Å²) in [7, 11) is 0. The molecule has 1 aromatic heterocycles. The van der Waals surface area contributed by atoms with Gasteiger partial charge in [0.2, 0.25) is 0 Å². The number of rotatable bonds is 3. The average molecular weight is 308 g/mol. The zero-order valence-electron chi connectivity index (χ0n) is 11.0. The lowest BCUT2D eigenvalue weighted by atomic mass is 10.1. The summed E-state index contributed by atoms with van der Waals surface area (Å²) in [5.41, 5.74) is 8.86. The third-order valence-corrected chi connectivity index (χ3v) is 4.15. The molecule has 1 aliphatic heterocycles.